The lowest BCUT2D eigenvalue weighted by atomic mass is 9.82. The van der Waals surface area contributed by atoms with Crippen molar-refractivity contribution in [2.45, 2.75) is 32.7 Å². The van der Waals surface area contributed by atoms with Crippen LogP contribution in [0, 0.1) is 22.6 Å². The van der Waals surface area contributed by atoms with Crippen molar-refractivity contribution in [1.82, 2.24) is 9.88 Å². The van der Waals surface area contributed by atoms with E-state index in [2.05, 4.69) is 16.0 Å². The molecule has 0 unspecified atom stereocenters. The SMILES string of the molecule is CCOC[C@]1(CCc2ccc(F)cc2)CCN(Cc2cccnc2C#N)C1. The highest BCUT2D eigenvalue weighted by Crippen LogP contribution is 2.36. The van der Waals surface area contributed by atoms with Gasteiger partial charge in [-0.25, -0.2) is 9.37 Å². The molecule has 0 spiro atoms. The lowest BCUT2D eigenvalue weighted by molar-refractivity contribution is 0.0489. The van der Waals surface area contributed by atoms with Gasteiger partial charge in [0.25, 0.3) is 0 Å². The third kappa shape index (κ3) is 5.12. The highest BCUT2D eigenvalue weighted by Gasteiger charge is 2.38. The minimum Gasteiger partial charge on any atom is -0.381 e. The molecule has 4 nitrogen and oxygen atoms in total. The quantitative estimate of drug-likeness (QED) is 0.709. The predicted molar refractivity (Wildman–Crippen MR) is 102 cm³/mol. The number of halogens is 1. The van der Waals surface area contributed by atoms with Crippen LogP contribution in [0.3, 0.4) is 0 Å². The number of aryl methyl sites for hydroxylation is 1. The van der Waals surface area contributed by atoms with Crippen LogP contribution < -0.4 is 0 Å². The van der Waals surface area contributed by atoms with Crippen molar-refractivity contribution >= 4 is 0 Å². The summed E-state index contributed by atoms with van der Waals surface area (Å²) in [6.45, 7) is 6.12. The van der Waals surface area contributed by atoms with Gasteiger partial charge in [-0.15, -0.1) is 0 Å². The second kappa shape index (κ2) is 9.07. The Hall–Kier alpha value is -2.29. The zero-order valence-corrected chi connectivity index (χ0v) is 15.8. The summed E-state index contributed by atoms with van der Waals surface area (Å²) in [6, 6.07) is 12.8. The van der Waals surface area contributed by atoms with E-state index in [1.165, 1.54) is 12.1 Å². The summed E-state index contributed by atoms with van der Waals surface area (Å²) in [5, 5.41) is 9.26. The normalized spacial score (nSPS) is 19.9. The number of benzene rings is 1. The summed E-state index contributed by atoms with van der Waals surface area (Å²) in [5.41, 5.74) is 2.74. The second-order valence-electron chi connectivity index (χ2n) is 7.35. The zero-order chi connectivity index (χ0) is 19.1. The van der Waals surface area contributed by atoms with Gasteiger partial charge in [0, 0.05) is 36.9 Å². The van der Waals surface area contributed by atoms with Crippen molar-refractivity contribution in [3.05, 3.63) is 65.2 Å². The number of rotatable bonds is 8. The molecule has 2 aromatic rings. The molecule has 0 saturated carbocycles. The van der Waals surface area contributed by atoms with Crippen LogP contribution in [0.4, 0.5) is 4.39 Å². The van der Waals surface area contributed by atoms with Crippen molar-refractivity contribution in [3.8, 4) is 6.07 Å². The van der Waals surface area contributed by atoms with Crippen molar-refractivity contribution in [1.29, 1.82) is 5.26 Å². The molecule has 0 aliphatic carbocycles. The number of nitriles is 1. The van der Waals surface area contributed by atoms with Gasteiger partial charge in [-0.3, -0.25) is 4.90 Å². The average molecular weight is 367 g/mol. The van der Waals surface area contributed by atoms with Gasteiger partial charge in [0.15, 0.2) is 0 Å². The van der Waals surface area contributed by atoms with Gasteiger partial charge in [-0.1, -0.05) is 18.2 Å². The summed E-state index contributed by atoms with van der Waals surface area (Å²) >= 11 is 0. The Kier molecular flexibility index (Phi) is 6.54. The minimum atomic E-state index is -0.195. The first-order chi connectivity index (χ1) is 13.1. The van der Waals surface area contributed by atoms with Gasteiger partial charge >= 0.3 is 0 Å². The second-order valence-corrected chi connectivity index (χ2v) is 7.35. The zero-order valence-electron chi connectivity index (χ0n) is 15.8. The summed E-state index contributed by atoms with van der Waals surface area (Å²) in [7, 11) is 0. The summed E-state index contributed by atoms with van der Waals surface area (Å²) < 4.78 is 19.0. The monoisotopic (exact) mass is 367 g/mol. The fourth-order valence-corrected chi connectivity index (χ4v) is 3.84. The molecule has 1 aromatic heterocycles. The topological polar surface area (TPSA) is 49.1 Å². The van der Waals surface area contributed by atoms with E-state index in [9.17, 15) is 9.65 Å². The van der Waals surface area contributed by atoms with Crippen molar-refractivity contribution < 1.29 is 9.13 Å². The van der Waals surface area contributed by atoms with E-state index in [-0.39, 0.29) is 11.2 Å². The van der Waals surface area contributed by atoms with Gasteiger partial charge in [0.05, 0.1) is 6.61 Å². The maximum absolute atomic E-state index is 13.1. The van der Waals surface area contributed by atoms with Crippen LogP contribution in [0.25, 0.3) is 0 Å². The largest absolute Gasteiger partial charge is 0.381 e. The van der Waals surface area contributed by atoms with Crippen LogP contribution in [0.5, 0.6) is 0 Å². The highest BCUT2D eigenvalue weighted by atomic mass is 19.1. The Morgan fingerprint density at radius 1 is 1.30 bits per heavy atom. The molecule has 3 rings (SSSR count). The first kappa shape index (κ1) is 19.5. The maximum Gasteiger partial charge on any atom is 0.144 e. The van der Waals surface area contributed by atoms with Gasteiger partial charge in [0.2, 0.25) is 0 Å². The van der Waals surface area contributed by atoms with E-state index >= 15 is 0 Å². The molecule has 1 aliphatic rings. The molecule has 1 atom stereocenters. The molecule has 5 heteroatoms. The van der Waals surface area contributed by atoms with Gasteiger partial charge in [0.1, 0.15) is 17.6 Å². The lowest BCUT2D eigenvalue weighted by Gasteiger charge is -2.29. The first-order valence-corrected chi connectivity index (χ1v) is 9.53. The molecule has 1 fully saturated rings. The van der Waals surface area contributed by atoms with E-state index < -0.39 is 0 Å². The lowest BCUT2D eigenvalue weighted by Crippen LogP contribution is -2.32. The molecule has 1 aliphatic heterocycles. The molecule has 0 bridgehead atoms. The van der Waals surface area contributed by atoms with E-state index in [1.54, 1.807) is 6.20 Å². The van der Waals surface area contributed by atoms with Gasteiger partial charge in [-0.05, 0) is 56.5 Å². The number of pyridine rings is 1. The molecule has 0 amide bonds. The highest BCUT2D eigenvalue weighted by molar-refractivity contribution is 5.30. The molecule has 1 aromatic carbocycles. The minimum absolute atomic E-state index is 0.0966. The van der Waals surface area contributed by atoms with E-state index in [0.717, 1.165) is 56.6 Å². The van der Waals surface area contributed by atoms with Crippen molar-refractivity contribution in [2.75, 3.05) is 26.3 Å². The van der Waals surface area contributed by atoms with Crippen LogP contribution in [-0.2, 0) is 17.7 Å². The summed E-state index contributed by atoms with van der Waals surface area (Å²) in [5.74, 6) is -0.195. The molecular weight excluding hydrogens is 341 g/mol. The predicted octanol–water partition coefficient (Wildman–Crippen LogP) is 3.95. The molecule has 2 heterocycles. The number of likely N-dealkylation sites (tertiary alicyclic amines) is 1. The van der Waals surface area contributed by atoms with Crippen LogP contribution in [0.1, 0.15) is 36.6 Å². The van der Waals surface area contributed by atoms with Crippen LogP contribution in [0.2, 0.25) is 0 Å². The molecule has 0 radical (unpaired) electrons. The Bertz CT molecular complexity index is 787. The average Bonchev–Trinajstić information content (AvgIpc) is 3.09. The van der Waals surface area contributed by atoms with Crippen molar-refractivity contribution in [3.63, 3.8) is 0 Å². The summed E-state index contributed by atoms with van der Waals surface area (Å²) in [6.07, 6.45) is 4.65. The fourth-order valence-electron chi connectivity index (χ4n) is 3.84. The number of nitrogens with zero attached hydrogens (tertiary/aromatic N) is 3. The Morgan fingerprint density at radius 3 is 2.85 bits per heavy atom. The van der Waals surface area contributed by atoms with E-state index in [4.69, 9.17) is 4.74 Å². The Balaban J connectivity index is 1.66. The number of aromatic nitrogens is 1. The third-order valence-electron chi connectivity index (χ3n) is 5.38. The molecular formula is C22H26FN3O. The third-order valence-corrected chi connectivity index (χ3v) is 5.38. The summed E-state index contributed by atoms with van der Waals surface area (Å²) in [4.78, 5) is 6.56. The van der Waals surface area contributed by atoms with Crippen molar-refractivity contribution in [2.24, 2.45) is 5.41 Å². The standard InChI is InChI=1S/C22H26FN3O/c1-2-27-17-22(10-9-18-5-7-20(23)8-6-18)11-13-26(16-22)15-19-4-3-12-25-21(19)14-24/h3-8,12H,2,9-11,13,15-17H2,1H3/t22-/m1/s1. The smallest absolute Gasteiger partial charge is 0.144 e. The fraction of sp³-hybridized carbons (Fsp3) is 0.455. The molecule has 1 saturated heterocycles. The first-order valence-electron chi connectivity index (χ1n) is 9.53. The molecule has 0 N–H and O–H groups in total. The number of ether oxygens (including phenoxy) is 1. The number of hydrogen-bond acceptors (Lipinski definition) is 4. The number of hydrogen-bond donors (Lipinski definition) is 0. The molecule has 142 valence electrons. The van der Waals surface area contributed by atoms with Crippen LogP contribution in [0.15, 0.2) is 42.6 Å². The van der Waals surface area contributed by atoms with Gasteiger partial charge in [-0.2, -0.15) is 5.26 Å². The van der Waals surface area contributed by atoms with Gasteiger partial charge < -0.3 is 4.74 Å². The molecule has 27 heavy (non-hydrogen) atoms. The Labute approximate surface area is 160 Å². The maximum atomic E-state index is 13.1. The van der Waals surface area contributed by atoms with Crippen LogP contribution >= 0.6 is 0 Å². The van der Waals surface area contributed by atoms with E-state index in [0.29, 0.717) is 12.3 Å². The Morgan fingerprint density at radius 2 is 2.11 bits per heavy atom. The van der Waals surface area contributed by atoms with Crippen LogP contribution in [-0.4, -0.2) is 36.2 Å². The van der Waals surface area contributed by atoms with E-state index in [1.807, 2.05) is 31.2 Å².